The number of nitrogens with zero attached hydrogens (tertiary/aromatic N) is 1. The molecule has 2 N–H and O–H groups in total. The van der Waals surface area contributed by atoms with Crippen LogP contribution in [0.4, 0.5) is 5.69 Å². The molecule has 2 aromatic rings. The molecule has 2 heteroatoms. The van der Waals surface area contributed by atoms with Gasteiger partial charge in [0, 0.05) is 19.8 Å². The van der Waals surface area contributed by atoms with Crippen LogP contribution in [0, 0.1) is 5.92 Å². The van der Waals surface area contributed by atoms with E-state index in [1.807, 2.05) is 0 Å². The summed E-state index contributed by atoms with van der Waals surface area (Å²) in [5.74, 6) is 0.711. The van der Waals surface area contributed by atoms with E-state index < -0.39 is 0 Å². The first kappa shape index (κ1) is 16.6. The lowest BCUT2D eigenvalue weighted by atomic mass is 9.97. The molecule has 0 aliphatic heterocycles. The van der Waals surface area contributed by atoms with Crippen molar-refractivity contribution in [2.24, 2.45) is 11.7 Å². The number of aryl methyl sites for hydroxylation is 1. The first-order valence-corrected chi connectivity index (χ1v) is 8.17. The molecule has 1 atom stereocenters. The van der Waals surface area contributed by atoms with Crippen LogP contribution in [-0.4, -0.2) is 20.6 Å². The number of nitrogens with two attached hydrogens (primary N) is 1. The zero-order valence-corrected chi connectivity index (χ0v) is 14.0. The monoisotopic (exact) mass is 296 g/mol. The van der Waals surface area contributed by atoms with Gasteiger partial charge in [0.25, 0.3) is 0 Å². The minimum atomic E-state index is 0.711. The van der Waals surface area contributed by atoms with Crippen molar-refractivity contribution in [1.29, 1.82) is 0 Å². The van der Waals surface area contributed by atoms with Gasteiger partial charge in [0.1, 0.15) is 0 Å². The quantitative estimate of drug-likeness (QED) is 0.823. The van der Waals surface area contributed by atoms with E-state index in [1.165, 1.54) is 28.8 Å². The van der Waals surface area contributed by atoms with Gasteiger partial charge in [-0.3, -0.25) is 0 Å². The number of benzene rings is 2. The average molecular weight is 296 g/mol. The second kappa shape index (κ2) is 8.00. The minimum absolute atomic E-state index is 0.711. The fourth-order valence-electron chi connectivity index (χ4n) is 2.66. The number of hydrogen-bond donors (Lipinski definition) is 1. The van der Waals surface area contributed by atoms with Crippen LogP contribution in [0.5, 0.6) is 0 Å². The zero-order valence-electron chi connectivity index (χ0n) is 14.0. The van der Waals surface area contributed by atoms with Crippen LogP contribution < -0.4 is 10.6 Å². The second-order valence-corrected chi connectivity index (χ2v) is 6.36. The van der Waals surface area contributed by atoms with E-state index in [2.05, 4.69) is 74.4 Å². The summed E-state index contributed by atoms with van der Waals surface area (Å²) in [5.41, 5.74) is 10.8. The minimum Gasteiger partial charge on any atom is -0.378 e. The maximum atomic E-state index is 5.61. The molecule has 0 radical (unpaired) electrons. The number of rotatable bonds is 7. The Balaban J connectivity index is 1.99. The van der Waals surface area contributed by atoms with Crippen LogP contribution in [0.25, 0.3) is 11.1 Å². The van der Waals surface area contributed by atoms with Gasteiger partial charge in [-0.15, -0.1) is 0 Å². The lowest BCUT2D eigenvalue weighted by molar-refractivity contribution is 0.500. The Morgan fingerprint density at radius 2 is 1.41 bits per heavy atom. The predicted molar refractivity (Wildman–Crippen MR) is 97.4 cm³/mol. The van der Waals surface area contributed by atoms with Gasteiger partial charge < -0.3 is 10.6 Å². The summed E-state index contributed by atoms with van der Waals surface area (Å²) in [6, 6.07) is 17.7. The molecule has 0 heterocycles. The Morgan fingerprint density at radius 3 is 1.91 bits per heavy atom. The summed E-state index contributed by atoms with van der Waals surface area (Å²) >= 11 is 0. The van der Waals surface area contributed by atoms with Crippen molar-refractivity contribution in [3.05, 3.63) is 54.1 Å². The van der Waals surface area contributed by atoms with Crippen molar-refractivity contribution in [1.82, 2.24) is 0 Å². The molecule has 1 unspecified atom stereocenters. The topological polar surface area (TPSA) is 29.3 Å². The molecule has 2 nitrogen and oxygen atoms in total. The van der Waals surface area contributed by atoms with Crippen LogP contribution >= 0.6 is 0 Å². The van der Waals surface area contributed by atoms with Crippen LogP contribution in [0.2, 0.25) is 0 Å². The van der Waals surface area contributed by atoms with Crippen molar-refractivity contribution in [3.63, 3.8) is 0 Å². The molecule has 2 aromatic carbocycles. The van der Waals surface area contributed by atoms with Crippen molar-refractivity contribution in [3.8, 4) is 11.1 Å². The largest absolute Gasteiger partial charge is 0.378 e. The van der Waals surface area contributed by atoms with Crippen LogP contribution in [0.3, 0.4) is 0 Å². The van der Waals surface area contributed by atoms with Crippen molar-refractivity contribution in [2.75, 3.05) is 25.5 Å². The van der Waals surface area contributed by atoms with E-state index in [0.717, 1.165) is 19.4 Å². The zero-order chi connectivity index (χ0) is 15.9. The summed E-state index contributed by atoms with van der Waals surface area (Å²) in [7, 11) is 4.13. The van der Waals surface area contributed by atoms with Crippen LogP contribution in [0.1, 0.15) is 25.3 Å². The molecule has 0 saturated heterocycles. The maximum absolute atomic E-state index is 5.61. The fourth-order valence-corrected chi connectivity index (χ4v) is 2.66. The van der Waals surface area contributed by atoms with Crippen molar-refractivity contribution < 1.29 is 0 Å². The number of anilines is 1. The molecule has 2 rings (SSSR count). The predicted octanol–water partition coefficient (Wildman–Crippen LogP) is 4.34. The Bertz CT molecular complexity index is 555. The van der Waals surface area contributed by atoms with Gasteiger partial charge in [0.15, 0.2) is 0 Å². The Labute approximate surface area is 135 Å². The normalized spacial score (nSPS) is 12.2. The van der Waals surface area contributed by atoms with Crippen LogP contribution in [-0.2, 0) is 6.42 Å². The van der Waals surface area contributed by atoms with Gasteiger partial charge in [-0.05, 0) is 60.5 Å². The first-order chi connectivity index (χ1) is 10.6. The molecule has 22 heavy (non-hydrogen) atoms. The first-order valence-electron chi connectivity index (χ1n) is 8.17. The van der Waals surface area contributed by atoms with Gasteiger partial charge >= 0.3 is 0 Å². The summed E-state index contributed by atoms with van der Waals surface area (Å²) in [5, 5.41) is 0. The molecule has 0 aliphatic rings. The molecular weight excluding hydrogens is 268 g/mol. The molecular formula is C20H28N2. The van der Waals surface area contributed by atoms with Gasteiger partial charge in [0.05, 0.1) is 0 Å². The highest BCUT2D eigenvalue weighted by molar-refractivity contribution is 5.66. The molecule has 118 valence electrons. The lowest BCUT2D eigenvalue weighted by Crippen LogP contribution is -2.07. The molecule has 0 bridgehead atoms. The molecule has 0 aliphatic carbocycles. The molecule has 0 aromatic heterocycles. The Hall–Kier alpha value is -1.80. The maximum Gasteiger partial charge on any atom is 0.0361 e. The highest BCUT2D eigenvalue weighted by Crippen LogP contribution is 2.23. The van der Waals surface area contributed by atoms with E-state index in [4.69, 9.17) is 5.73 Å². The van der Waals surface area contributed by atoms with E-state index in [0.29, 0.717) is 5.92 Å². The van der Waals surface area contributed by atoms with E-state index in [9.17, 15) is 0 Å². The third-order valence-electron chi connectivity index (χ3n) is 4.26. The number of hydrogen-bond acceptors (Lipinski definition) is 2. The summed E-state index contributed by atoms with van der Waals surface area (Å²) < 4.78 is 0. The second-order valence-electron chi connectivity index (χ2n) is 6.36. The summed E-state index contributed by atoms with van der Waals surface area (Å²) in [6.07, 6.45) is 3.48. The fraction of sp³-hybridized carbons (Fsp3) is 0.400. The van der Waals surface area contributed by atoms with Gasteiger partial charge in [-0.25, -0.2) is 0 Å². The molecule has 0 saturated carbocycles. The molecule has 0 amide bonds. The van der Waals surface area contributed by atoms with Crippen molar-refractivity contribution in [2.45, 2.75) is 26.2 Å². The summed E-state index contributed by atoms with van der Waals surface area (Å²) in [4.78, 5) is 2.12. The molecule has 0 spiro atoms. The van der Waals surface area contributed by atoms with E-state index in [1.54, 1.807) is 0 Å². The third kappa shape index (κ3) is 4.60. The Morgan fingerprint density at radius 1 is 0.864 bits per heavy atom. The Kier molecular flexibility index (Phi) is 6.02. The van der Waals surface area contributed by atoms with E-state index >= 15 is 0 Å². The summed E-state index contributed by atoms with van der Waals surface area (Å²) in [6.45, 7) is 3.08. The SMILES string of the molecule is CC(CCN)CCc1ccc(-c2ccc(N(C)C)cc2)cc1. The highest BCUT2D eigenvalue weighted by Gasteiger charge is 2.03. The van der Waals surface area contributed by atoms with Gasteiger partial charge in [-0.1, -0.05) is 43.3 Å². The lowest BCUT2D eigenvalue weighted by Gasteiger charge is -2.13. The smallest absolute Gasteiger partial charge is 0.0361 e. The van der Waals surface area contributed by atoms with E-state index in [-0.39, 0.29) is 0 Å². The average Bonchev–Trinajstić information content (AvgIpc) is 2.54. The van der Waals surface area contributed by atoms with Crippen molar-refractivity contribution >= 4 is 5.69 Å². The molecule has 0 fully saturated rings. The van der Waals surface area contributed by atoms with Gasteiger partial charge in [-0.2, -0.15) is 0 Å². The van der Waals surface area contributed by atoms with Crippen LogP contribution in [0.15, 0.2) is 48.5 Å². The van der Waals surface area contributed by atoms with Gasteiger partial charge in [0.2, 0.25) is 0 Å². The standard InChI is InChI=1S/C20H28N2/c1-16(14-15-21)4-5-17-6-8-18(9-7-17)19-10-12-20(13-11-19)22(2)3/h6-13,16H,4-5,14-15,21H2,1-3H3. The highest BCUT2D eigenvalue weighted by atomic mass is 15.1. The third-order valence-corrected chi connectivity index (χ3v) is 4.26.